The van der Waals surface area contributed by atoms with Crippen molar-refractivity contribution in [3.63, 3.8) is 0 Å². The van der Waals surface area contributed by atoms with Gasteiger partial charge in [0.15, 0.2) is 5.96 Å². The summed E-state index contributed by atoms with van der Waals surface area (Å²) < 4.78 is 13.1. The van der Waals surface area contributed by atoms with Crippen molar-refractivity contribution >= 4 is 11.6 Å². The Hall–Kier alpha value is -2.96. The van der Waals surface area contributed by atoms with Gasteiger partial charge in [0.25, 0.3) is 5.69 Å². The Kier molecular flexibility index (Phi) is 6.45. The lowest BCUT2D eigenvalue weighted by molar-refractivity contribution is -0.385. The lowest BCUT2D eigenvalue weighted by Gasteiger charge is -2.13. The number of hydrogen-bond donors (Lipinski definition) is 2. The fourth-order valence-corrected chi connectivity index (χ4v) is 2.49. The number of aryl methyl sites for hydroxylation is 1. The van der Waals surface area contributed by atoms with Crippen LogP contribution in [0.1, 0.15) is 16.7 Å². The molecule has 7 heteroatoms. The number of nitrogens with zero attached hydrogens (tertiary/aromatic N) is 2. The predicted octanol–water partition coefficient (Wildman–Crippen LogP) is 2.95. The average molecular weight is 344 g/mol. The molecule has 0 saturated carbocycles. The van der Waals surface area contributed by atoms with Crippen LogP contribution in [0.2, 0.25) is 0 Å². The van der Waals surface area contributed by atoms with Gasteiger partial charge in [0, 0.05) is 31.8 Å². The maximum atomic E-state index is 13.1. The van der Waals surface area contributed by atoms with E-state index in [1.807, 2.05) is 6.92 Å². The van der Waals surface area contributed by atoms with E-state index >= 15 is 0 Å². The summed E-state index contributed by atoms with van der Waals surface area (Å²) in [7, 11) is 1.64. The third-order valence-corrected chi connectivity index (χ3v) is 3.85. The molecule has 0 aliphatic carbocycles. The molecule has 0 saturated heterocycles. The third-order valence-electron chi connectivity index (χ3n) is 3.85. The van der Waals surface area contributed by atoms with Gasteiger partial charge in [-0.15, -0.1) is 0 Å². The van der Waals surface area contributed by atoms with Crippen LogP contribution in [-0.2, 0) is 13.0 Å². The summed E-state index contributed by atoms with van der Waals surface area (Å²) in [4.78, 5) is 14.7. The number of guanidine groups is 1. The molecule has 0 aromatic heterocycles. The third kappa shape index (κ3) is 5.27. The molecule has 25 heavy (non-hydrogen) atoms. The molecule has 0 spiro atoms. The number of para-hydroxylation sites is 1. The standard InChI is InChI=1S/C18H21FN4O2/c1-13-11-16(19)8-7-14(13)9-10-21-18(20-2)22-12-15-5-3-4-6-17(15)23(24)25/h3-8,11H,9-10,12H2,1-2H3,(H2,20,21,22). The number of rotatable bonds is 6. The van der Waals surface area contributed by atoms with Crippen LogP contribution >= 0.6 is 0 Å². The first-order valence-electron chi connectivity index (χ1n) is 7.93. The van der Waals surface area contributed by atoms with Gasteiger partial charge >= 0.3 is 0 Å². The van der Waals surface area contributed by atoms with E-state index in [1.165, 1.54) is 18.2 Å². The fraction of sp³-hybridized carbons (Fsp3) is 0.278. The Morgan fingerprint density at radius 3 is 2.64 bits per heavy atom. The minimum atomic E-state index is -0.398. The minimum absolute atomic E-state index is 0.0763. The molecule has 0 fully saturated rings. The topological polar surface area (TPSA) is 79.6 Å². The van der Waals surface area contributed by atoms with Gasteiger partial charge in [-0.3, -0.25) is 15.1 Å². The second kappa shape index (κ2) is 8.77. The molecule has 2 rings (SSSR count). The van der Waals surface area contributed by atoms with Crippen LogP contribution in [0.5, 0.6) is 0 Å². The van der Waals surface area contributed by atoms with Gasteiger partial charge in [0.05, 0.1) is 4.92 Å². The molecule has 0 bridgehead atoms. The van der Waals surface area contributed by atoms with Gasteiger partial charge < -0.3 is 10.6 Å². The maximum absolute atomic E-state index is 13.1. The molecular formula is C18H21FN4O2. The molecule has 0 aliphatic rings. The lowest BCUT2D eigenvalue weighted by Crippen LogP contribution is -2.38. The van der Waals surface area contributed by atoms with E-state index in [-0.39, 0.29) is 11.5 Å². The molecule has 2 N–H and O–H groups in total. The number of nitro groups is 1. The zero-order valence-electron chi connectivity index (χ0n) is 14.3. The first-order valence-corrected chi connectivity index (χ1v) is 7.93. The van der Waals surface area contributed by atoms with Gasteiger partial charge in [-0.25, -0.2) is 4.39 Å². The van der Waals surface area contributed by atoms with E-state index in [1.54, 1.807) is 31.3 Å². The van der Waals surface area contributed by atoms with Crippen molar-refractivity contribution in [2.45, 2.75) is 19.9 Å². The number of nitrogens with one attached hydrogen (secondary N) is 2. The van der Waals surface area contributed by atoms with Crippen molar-refractivity contribution in [2.75, 3.05) is 13.6 Å². The fourth-order valence-electron chi connectivity index (χ4n) is 2.49. The Bertz CT molecular complexity index is 777. The molecule has 0 radical (unpaired) electrons. The van der Waals surface area contributed by atoms with Gasteiger partial charge in [-0.1, -0.05) is 24.3 Å². The Labute approximate surface area is 145 Å². The van der Waals surface area contributed by atoms with Crippen molar-refractivity contribution in [1.29, 1.82) is 0 Å². The van der Waals surface area contributed by atoms with Crippen LogP contribution in [0.3, 0.4) is 0 Å². The Morgan fingerprint density at radius 2 is 1.96 bits per heavy atom. The second-order valence-corrected chi connectivity index (χ2v) is 5.56. The summed E-state index contributed by atoms with van der Waals surface area (Å²) in [5, 5.41) is 17.2. The van der Waals surface area contributed by atoms with Crippen LogP contribution in [0.25, 0.3) is 0 Å². The van der Waals surface area contributed by atoms with Crippen molar-refractivity contribution in [2.24, 2.45) is 4.99 Å². The quantitative estimate of drug-likeness (QED) is 0.365. The predicted molar refractivity (Wildman–Crippen MR) is 96.1 cm³/mol. The van der Waals surface area contributed by atoms with Crippen LogP contribution in [0, 0.1) is 22.9 Å². The molecule has 0 amide bonds. The van der Waals surface area contributed by atoms with E-state index in [0.717, 1.165) is 17.5 Å². The summed E-state index contributed by atoms with van der Waals surface area (Å²) >= 11 is 0. The smallest absolute Gasteiger partial charge is 0.274 e. The van der Waals surface area contributed by atoms with Crippen molar-refractivity contribution in [1.82, 2.24) is 10.6 Å². The molecule has 0 aliphatic heterocycles. The summed E-state index contributed by atoms with van der Waals surface area (Å²) in [6.45, 7) is 2.79. The molecule has 132 valence electrons. The van der Waals surface area contributed by atoms with E-state index in [9.17, 15) is 14.5 Å². The van der Waals surface area contributed by atoms with E-state index in [2.05, 4.69) is 15.6 Å². The van der Waals surface area contributed by atoms with Crippen LogP contribution < -0.4 is 10.6 Å². The van der Waals surface area contributed by atoms with Gasteiger partial charge in [-0.05, 0) is 36.6 Å². The summed E-state index contributed by atoms with van der Waals surface area (Å²) in [5.41, 5.74) is 2.63. The summed E-state index contributed by atoms with van der Waals surface area (Å²) in [5.74, 6) is 0.314. The monoisotopic (exact) mass is 344 g/mol. The number of nitro benzene ring substituents is 1. The highest BCUT2D eigenvalue weighted by molar-refractivity contribution is 5.79. The van der Waals surface area contributed by atoms with Crippen molar-refractivity contribution < 1.29 is 9.31 Å². The zero-order chi connectivity index (χ0) is 18.2. The largest absolute Gasteiger partial charge is 0.356 e. The molecule has 0 atom stereocenters. The SMILES string of the molecule is CN=C(NCCc1ccc(F)cc1C)NCc1ccccc1[N+](=O)[O-]. The molecule has 2 aromatic rings. The lowest BCUT2D eigenvalue weighted by atomic mass is 10.1. The van der Waals surface area contributed by atoms with Crippen molar-refractivity contribution in [3.05, 3.63) is 75.1 Å². The van der Waals surface area contributed by atoms with Crippen LogP contribution in [0.15, 0.2) is 47.5 Å². The first kappa shape index (κ1) is 18.4. The van der Waals surface area contributed by atoms with Gasteiger partial charge in [-0.2, -0.15) is 0 Å². The number of hydrogen-bond acceptors (Lipinski definition) is 3. The molecular weight excluding hydrogens is 323 g/mol. The van der Waals surface area contributed by atoms with E-state index in [0.29, 0.717) is 24.6 Å². The average Bonchev–Trinajstić information content (AvgIpc) is 2.59. The number of halogens is 1. The number of benzene rings is 2. The molecule has 0 unspecified atom stereocenters. The minimum Gasteiger partial charge on any atom is -0.356 e. The van der Waals surface area contributed by atoms with Gasteiger partial charge in [0.2, 0.25) is 0 Å². The van der Waals surface area contributed by atoms with Crippen LogP contribution in [0.4, 0.5) is 10.1 Å². The Morgan fingerprint density at radius 1 is 1.20 bits per heavy atom. The highest BCUT2D eigenvalue weighted by Gasteiger charge is 2.12. The number of aliphatic imine (C=N–C) groups is 1. The summed E-state index contributed by atoms with van der Waals surface area (Å²) in [6.07, 6.45) is 0.721. The van der Waals surface area contributed by atoms with Crippen molar-refractivity contribution in [3.8, 4) is 0 Å². The molecule has 0 heterocycles. The van der Waals surface area contributed by atoms with E-state index in [4.69, 9.17) is 0 Å². The second-order valence-electron chi connectivity index (χ2n) is 5.56. The Balaban J connectivity index is 1.88. The van der Waals surface area contributed by atoms with E-state index < -0.39 is 4.92 Å². The highest BCUT2D eigenvalue weighted by Crippen LogP contribution is 2.17. The van der Waals surface area contributed by atoms with Gasteiger partial charge in [0.1, 0.15) is 5.82 Å². The first-order chi connectivity index (χ1) is 12.0. The normalized spacial score (nSPS) is 11.2. The summed E-state index contributed by atoms with van der Waals surface area (Å²) in [6, 6.07) is 11.3. The van der Waals surface area contributed by atoms with Crippen LogP contribution in [-0.4, -0.2) is 24.5 Å². The molecule has 2 aromatic carbocycles. The zero-order valence-corrected chi connectivity index (χ0v) is 14.3. The molecule has 6 nitrogen and oxygen atoms in total. The maximum Gasteiger partial charge on any atom is 0.274 e. The highest BCUT2D eigenvalue weighted by atomic mass is 19.1.